The minimum absolute atomic E-state index is 0.809. The second kappa shape index (κ2) is 4.60. The molecule has 0 fully saturated rings. The number of phosphoric ester groups is 1. The molecule has 0 aromatic heterocycles. The summed E-state index contributed by atoms with van der Waals surface area (Å²) in [6.45, 7) is -0.809. The lowest BCUT2D eigenvalue weighted by molar-refractivity contribution is 0.191. The number of hydrogen-bond acceptors (Lipinski definition) is 2. The van der Waals surface area contributed by atoms with E-state index >= 15 is 0 Å². The van der Waals surface area contributed by atoms with Gasteiger partial charge in [-0.1, -0.05) is 58.0 Å². The Morgan fingerprint density at radius 1 is 1.15 bits per heavy atom. The zero-order valence-corrected chi connectivity index (χ0v) is 10.4. The van der Waals surface area contributed by atoms with Crippen LogP contribution in [0.15, 0.2) is 0 Å². The van der Waals surface area contributed by atoms with Gasteiger partial charge in [-0.15, -0.1) is 0 Å². The fraction of sp³-hybridized carbons (Fsp3) is 1.00. The van der Waals surface area contributed by atoms with Gasteiger partial charge < -0.3 is 9.79 Å². The van der Waals surface area contributed by atoms with Gasteiger partial charge in [0.2, 0.25) is 3.79 Å². The van der Waals surface area contributed by atoms with Crippen molar-refractivity contribution in [3.63, 3.8) is 0 Å². The summed E-state index contributed by atoms with van der Waals surface area (Å²) in [5, 5.41) is 0. The van der Waals surface area contributed by atoms with Crippen LogP contribution in [0.1, 0.15) is 0 Å². The Morgan fingerprint density at radius 2 is 1.54 bits per heavy atom. The zero-order valence-electron chi connectivity index (χ0n) is 5.76. The van der Waals surface area contributed by atoms with E-state index in [2.05, 4.69) is 4.52 Å². The first-order valence-corrected chi connectivity index (χ1v) is 6.02. The van der Waals surface area contributed by atoms with Crippen molar-refractivity contribution >= 4 is 65.8 Å². The van der Waals surface area contributed by atoms with E-state index in [1.54, 1.807) is 0 Å². The normalized spacial score (nSPS) is 14.7. The van der Waals surface area contributed by atoms with Crippen LogP contribution in [0.4, 0.5) is 0 Å². The van der Waals surface area contributed by atoms with E-state index in [0.29, 0.717) is 0 Å². The van der Waals surface area contributed by atoms with E-state index in [1.165, 1.54) is 0 Å². The molecular formula is C3H4Cl5O4P. The van der Waals surface area contributed by atoms with Gasteiger partial charge in [0.1, 0.15) is 0 Å². The summed E-state index contributed by atoms with van der Waals surface area (Å²) in [4.78, 5) is 16.6. The summed E-state index contributed by atoms with van der Waals surface area (Å²) in [5.41, 5.74) is 0. The van der Waals surface area contributed by atoms with Gasteiger partial charge in [0.25, 0.3) is 0 Å². The van der Waals surface area contributed by atoms with Crippen molar-refractivity contribution in [1.29, 1.82) is 0 Å². The molecule has 0 aliphatic heterocycles. The molecule has 0 aromatic carbocycles. The van der Waals surface area contributed by atoms with E-state index in [1.807, 2.05) is 0 Å². The first kappa shape index (κ1) is 14.6. The van der Waals surface area contributed by atoms with Crippen molar-refractivity contribution in [3.05, 3.63) is 0 Å². The largest absolute Gasteiger partial charge is 0.469 e. The molecule has 0 aliphatic carbocycles. The smallest absolute Gasteiger partial charge is 0.303 e. The Labute approximate surface area is 99.2 Å². The first-order chi connectivity index (χ1) is 5.46. The van der Waals surface area contributed by atoms with E-state index in [0.717, 1.165) is 0 Å². The third-order valence-corrected chi connectivity index (χ3v) is 3.63. The molecule has 10 heteroatoms. The molecule has 4 nitrogen and oxygen atoms in total. The number of rotatable bonds is 3. The first-order valence-electron chi connectivity index (χ1n) is 2.60. The van der Waals surface area contributed by atoms with Crippen LogP contribution in [-0.4, -0.2) is 24.5 Å². The van der Waals surface area contributed by atoms with Crippen LogP contribution in [0.25, 0.3) is 0 Å². The fourth-order valence-electron chi connectivity index (χ4n) is 0.247. The monoisotopic (exact) mass is 310 g/mol. The highest BCUT2D eigenvalue weighted by Gasteiger charge is 2.47. The quantitative estimate of drug-likeness (QED) is 0.621. The lowest BCUT2D eigenvalue weighted by Gasteiger charge is -2.26. The summed E-state index contributed by atoms with van der Waals surface area (Å²) in [7, 11) is -4.68. The summed E-state index contributed by atoms with van der Waals surface area (Å²) in [6.07, 6.45) is 0. The zero-order chi connectivity index (χ0) is 10.9. The maximum Gasteiger partial charge on any atom is 0.469 e. The Bertz CT molecular complexity index is 218. The third-order valence-electron chi connectivity index (χ3n) is 0.829. The molecule has 0 atom stereocenters. The Hall–Kier alpha value is 1.56. The third kappa shape index (κ3) is 5.88. The van der Waals surface area contributed by atoms with Crippen LogP contribution >= 0.6 is 65.8 Å². The second-order valence-electron chi connectivity index (χ2n) is 1.97. The summed E-state index contributed by atoms with van der Waals surface area (Å²) in [6, 6.07) is 0. The van der Waals surface area contributed by atoms with Gasteiger partial charge in [0.05, 0.1) is 6.61 Å². The van der Waals surface area contributed by atoms with Crippen LogP contribution in [0.2, 0.25) is 0 Å². The van der Waals surface area contributed by atoms with Crippen molar-refractivity contribution < 1.29 is 18.9 Å². The van der Waals surface area contributed by atoms with Crippen LogP contribution in [0.5, 0.6) is 0 Å². The lowest BCUT2D eigenvalue weighted by Crippen LogP contribution is -2.35. The lowest BCUT2D eigenvalue weighted by atomic mass is 10.5. The maximum absolute atomic E-state index is 10.2. The minimum Gasteiger partial charge on any atom is -0.303 e. The van der Waals surface area contributed by atoms with Crippen molar-refractivity contribution in [2.24, 2.45) is 0 Å². The molecule has 80 valence electrons. The van der Waals surface area contributed by atoms with Gasteiger partial charge in [0.15, 0.2) is 4.33 Å². The number of hydrogen-bond donors (Lipinski definition) is 2. The number of alkyl halides is 5. The number of halogens is 5. The minimum atomic E-state index is -4.68. The molecule has 0 bridgehead atoms. The highest BCUT2D eigenvalue weighted by Crippen LogP contribution is 2.48. The van der Waals surface area contributed by atoms with Crippen LogP contribution in [-0.2, 0) is 9.09 Å². The molecule has 0 rings (SSSR count). The van der Waals surface area contributed by atoms with Crippen LogP contribution in [0.3, 0.4) is 0 Å². The average molecular weight is 312 g/mol. The predicted octanol–water partition coefficient (Wildman–Crippen LogP) is 2.64. The van der Waals surface area contributed by atoms with Crippen molar-refractivity contribution in [2.45, 2.75) is 8.13 Å². The van der Waals surface area contributed by atoms with Gasteiger partial charge in [-0.05, 0) is 0 Å². The van der Waals surface area contributed by atoms with Gasteiger partial charge in [-0.3, -0.25) is 4.52 Å². The van der Waals surface area contributed by atoms with Gasteiger partial charge in [-0.25, -0.2) is 4.57 Å². The Morgan fingerprint density at radius 3 is 1.77 bits per heavy atom. The van der Waals surface area contributed by atoms with Gasteiger partial charge in [-0.2, -0.15) is 0 Å². The summed E-state index contributed by atoms with van der Waals surface area (Å²) in [5.74, 6) is 0. The van der Waals surface area contributed by atoms with Crippen LogP contribution < -0.4 is 0 Å². The van der Waals surface area contributed by atoms with Crippen molar-refractivity contribution in [3.8, 4) is 0 Å². The highest BCUT2D eigenvalue weighted by molar-refractivity contribution is 7.46. The van der Waals surface area contributed by atoms with Gasteiger partial charge in [0, 0.05) is 0 Å². The molecular weight excluding hydrogens is 308 g/mol. The van der Waals surface area contributed by atoms with Crippen molar-refractivity contribution in [1.82, 2.24) is 0 Å². The van der Waals surface area contributed by atoms with E-state index in [4.69, 9.17) is 67.8 Å². The molecule has 0 heterocycles. The molecule has 0 radical (unpaired) electrons. The summed E-state index contributed by atoms with van der Waals surface area (Å²) >= 11 is 26.7. The van der Waals surface area contributed by atoms with Crippen molar-refractivity contribution in [2.75, 3.05) is 6.61 Å². The second-order valence-corrected chi connectivity index (χ2v) is 6.97. The molecule has 0 saturated carbocycles. The fourth-order valence-corrected chi connectivity index (χ4v) is 1.03. The van der Waals surface area contributed by atoms with Crippen LogP contribution in [0, 0.1) is 0 Å². The predicted molar refractivity (Wildman–Crippen MR) is 52.7 cm³/mol. The molecule has 0 saturated heterocycles. The molecule has 0 amide bonds. The van der Waals surface area contributed by atoms with E-state index in [9.17, 15) is 4.57 Å². The standard InChI is InChI=1S/C3H4Cl5O4P/c4-2(5,3(6,7)8)1-12-13(9,10)11/h1H2,(H2,9,10,11). The summed E-state index contributed by atoms with van der Waals surface area (Å²) < 4.78 is 10.1. The molecule has 0 spiro atoms. The number of phosphoric acid groups is 1. The molecule has 0 aromatic rings. The molecule has 0 aliphatic rings. The van der Waals surface area contributed by atoms with E-state index in [-0.39, 0.29) is 0 Å². The van der Waals surface area contributed by atoms with Gasteiger partial charge >= 0.3 is 7.82 Å². The highest BCUT2D eigenvalue weighted by atomic mass is 35.6. The topological polar surface area (TPSA) is 66.8 Å². The average Bonchev–Trinajstić information content (AvgIpc) is 1.79. The Balaban J connectivity index is 4.29. The Kier molecular flexibility index (Phi) is 5.15. The SMILES string of the molecule is O=P(O)(O)OCC(Cl)(Cl)C(Cl)(Cl)Cl. The molecule has 0 unspecified atom stereocenters. The molecule has 2 N–H and O–H groups in total. The maximum atomic E-state index is 10.2. The van der Waals surface area contributed by atoms with E-state index < -0.39 is 22.6 Å². The molecule has 13 heavy (non-hydrogen) atoms.